The van der Waals surface area contributed by atoms with Crippen LogP contribution in [0.5, 0.6) is 0 Å². The van der Waals surface area contributed by atoms with Crippen LogP contribution in [-0.2, 0) is 17.1 Å². The number of hydrogen-bond donors (Lipinski definition) is 1. The van der Waals surface area contributed by atoms with Crippen LogP contribution in [0.25, 0.3) is 10.9 Å². The number of para-hydroxylation sites is 1. The molecule has 0 fully saturated rings. The Morgan fingerprint density at radius 2 is 1.96 bits per heavy atom. The third kappa shape index (κ3) is 2.83. The van der Waals surface area contributed by atoms with Crippen LogP contribution < -0.4 is 10.3 Å². The van der Waals surface area contributed by atoms with Crippen molar-refractivity contribution < 1.29 is 8.42 Å². The summed E-state index contributed by atoms with van der Waals surface area (Å²) in [5.74, 6) is 0. The first-order chi connectivity index (χ1) is 10.9. The molecule has 0 aliphatic heterocycles. The van der Waals surface area contributed by atoms with E-state index in [9.17, 15) is 13.2 Å². The van der Waals surface area contributed by atoms with Crippen LogP contribution >= 0.6 is 0 Å². The van der Waals surface area contributed by atoms with Crippen LogP contribution in [0.3, 0.4) is 0 Å². The Kier molecular flexibility index (Phi) is 3.65. The zero-order chi connectivity index (χ0) is 16.6. The van der Waals surface area contributed by atoms with Crippen LogP contribution in [0.15, 0.2) is 58.5 Å². The lowest BCUT2D eigenvalue weighted by Gasteiger charge is -2.10. The van der Waals surface area contributed by atoms with Gasteiger partial charge >= 0.3 is 0 Å². The predicted octanol–water partition coefficient (Wildman–Crippen LogP) is 2.04. The average Bonchev–Trinajstić information content (AvgIpc) is 2.51. The Labute approximate surface area is 133 Å². The van der Waals surface area contributed by atoms with E-state index in [1.165, 1.54) is 16.7 Å². The maximum atomic E-state index is 12.7. The summed E-state index contributed by atoms with van der Waals surface area (Å²) >= 11 is 0. The van der Waals surface area contributed by atoms with Crippen molar-refractivity contribution >= 4 is 26.6 Å². The van der Waals surface area contributed by atoms with E-state index in [1.54, 1.807) is 37.6 Å². The Bertz CT molecular complexity index is 1060. The molecule has 0 bridgehead atoms. The van der Waals surface area contributed by atoms with E-state index in [2.05, 4.69) is 9.71 Å². The second-order valence-electron chi connectivity index (χ2n) is 5.28. The molecule has 0 radical (unpaired) electrons. The summed E-state index contributed by atoms with van der Waals surface area (Å²) in [6, 6.07) is 9.83. The van der Waals surface area contributed by atoms with Gasteiger partial charge in [-0.3, -0.25) is 14.5 Å². The maximum absolute atomic E-state index is 12.7. The van der Waals surface area contributed by atoms with Crippen molar-refractivity contribution in [3.63, 3.8) is 0 Å². The zero-order valence-electron chi connectivity index (χ0n) is 12.6. The predicted molar refractivity (Wildman–Crippen MR) is 89.0 cm³/mol. The maximum Gasteiger partial charge on any atom is 0.274 e. The Balaban J connectivity index is 2.14. The molecule has 118 valence electrons. The zero-order valence-corrected chi connectivity index (χ0v) is 13.5. The van der Waals surface area contributed by atoms with Gasteiger partial charge in [0.25, 0.3) is 15.6 Å². The number of fused-ring (bicyclic) bond motifs is 1. The van der Waals surface area contributed by atoms with Gasteiger partial charge in [-0.1, -0.05) is 12.1 Å². The van der Waals surface area contributed by atoms with E-state index in [-0.39, 0.29) is 10.6 Å². The van der Waals surface area contributed by atoms with Crippen LogP contribution in [0.4, 0.5) is 5.69 Å². The van der Waals surface area contributed by atoms with E-state index in [0.717, 1.165) is 10.9 Å². The van der Waals surface area contributed by atoms with Gasteiger partial charge in [0, 0.05) is 24.8 Å². The van der Waals surface area contributed by atoms with E-state index < -0.39 is 15.6 Å². The first kappa shape index (κ1) is 15.2. The summed E-state index contributed by atoms with van der Waals surface area (Å²) in [6.07, 6.45) is 3.17. The fourth-order valence-electron chi connectivity index (χ4n) is 2.33. The highest BCUT2D eigenvalue weighted by molar-refractivity contribution is 7.93. The first-order valence-corrected chi connectivity index (χ1v) is 8.41. The summed E-state index contributed by atoms with van der Waals surface area (Å²) < 4.78 is 29.0. The Morgan fingerprint density at radius 3 is 2.74 bits per heavy atom. The standard InChI is InChI=1S/C16H15N3O3S/c1-11-9-12-5-3-7-14(15(12)17-10-11)23(21,22)18-13-6-4-8-19(2)16(13)20/h3-10,18H,1-2H3. The molecular weight excluding hydrogens is 314 g/mol. The van der Waals surface area contributed by atoms with Gasteiger partial charge in [-0.2, -0.15) is 0 Å². The molecule has 6 nitrogen and oxygen atoms in total. The first-order valence-electron chi connectivity index (χ1n) is 6.92. The van der Waals surface area contributed by atoms with E-state index >= 15 is 0 Å². The van der Waals surface area contributed by atoms with Gasteiger partial charge in [0.2, 0.25) is 0 Å². The number of nitrogens with one attached hydrogen (secondary N) is 1. The fraction of sp³-hybridized carbons (Fsp3) is 0.125. The topological polar surface area (TPSA) is 81.1 Å². The molecule has 7 heteroatoms. The molecule has 0 atom stereocenters. The molecule has 0 saturated heterocycles. The summed E-state index contributed by atoms with van der Waals surface area (Å²) in [6.45, 7) is 1.89. The minimum Gasteiger partial charge on any atom is -0.317 e. The average molecular weight is 329 g/mol. The molecule has 2 heterocycles. The molecule has 0 saturated carbocycles. The lowest BCUT2D eigenvalue weighted by atomic mass is 10.2. The SMILES string of the molecule is Cc1cnc2c(S(=O)(=O)Nc3cccn(C)c3=O)cccc2c1. The Hall–Kier alpha value is -2.67. The van der Waals surface area contributed by atoms with Gasteiger partial charge in [0.05, 0.1) is 5.52 Å². The van der Waals surface area contributed by atoms with E-state index in [4.69, 9.17) is 0 Å². The van der Waals surface area contributed by atoms with Crippen molar-refractivity contribution in [2.45, 2.75) is 11.8 Å². The highest BCUT2D eigenvalue weighted by Gasteiger charge is 2.19. The monoisotopic (exact) mass is 329 g/mol. The third-order valence-corrected chi connectivity index (χ3v) is 4.86. The van der Waals surface area contributed by atoms with Gasteiger partial charge < -0.3 is 4.57 Å². The largest absolute Gasteiger partial charge is 0.317 e. The van der Waals surface area contributed by atoms with Crippen LogP contribution in [0.1, 0.15) is 5.56 Å². The second kappa shape index (κ2) is 5.51. The smallest absolute Gasteiger partial charge is 0.274 e. The summed E-state index contributed by atoms with van der Waals surface area (Å²) in [7, 11) is -2.36. The second-order valence-corrected chi connectivity index (χ2v) is 6.93. The van der Waals surface area contributed by atoms with Crippen LogP contribution in [-0.4, -0.2) is 18.0 Å². The van der Waals surface area contributed by atoms with Gasteiger partial charge in [0.15, 0.2) is 0 Å². The number of aryl methyl sites for hydroxylation is 2. The van der Waals surface area contributed by atoms with Gasteiger partial charge in [-0.15, -0.1) is 0 Å². The molecule has 1 aromatic carbocycles. The molecule has 0 aliphatic carbocycles. The van der Waals surface area contributed by atoms with Gasteiger partial charge in [-0.25, -0.2) is 8.42 Å². The number of anilines is 1. The quantitative estimate of drug-likeness (QED) is 0.797. The van der Waals surface area contributed by atoms with Crippen LogP contribution in [0.2, 0.25) is 0 Å². The van der Waals surface area contributed by atoms with Crippen molar-refractivity contribution in [1.29, 1.82) is 0 Å². The van der Waals surface area contributed by atoms with E-state index in [0.29, 0.717) is 5.52 Å². The minimum atomic E-state index is -3.92. The van der Waals surface area contributed by atoms with Crippen LogP contribution in [0, 0.1) is 6.92 Å². The number of aromatic nitrogens is 2. The minimum absolute atomic E-state index is 0.000820. The molecule has 0 unspecified atom stereocenters. The number of pyridine rings is 2. The summed E-state index contributed by atoms with van der Waals surface area (Å²) in [4.78, 5) is 16.3. The molecule has 0 aliphatic rings. The summed E-state index contributed by atoms with van der Waals surface area (Å²) in [5.41, 5.74) is 0.898. The molecule has 3 aromatic rings. The third-order valence-electron chi connectivity index (χ3n) is 3.47. The van der Waals surface area contributed by atoms with Crippen molar-refractivity contribution in [2.24, 2.45) is 7.05 Å². The molecule has 1 N–H and O–H groups in total. The lowest BCUT2D eigenvalue weighted by Crippen LogP contribution is -2.24. The summed E-state index contributed by atoms with van der Waals surface area (Å²) in [5, 5.41) is 0.730. The molecular formula is C16H15N3O3S. The fourth-order valence-corrected chi connectivity index (χ4v) is 3.57. The number of benzene rings is 1. The normalized spacial score (nSPS) is 11.6. The number of sulfonamides is 1. The molecule has 23 heavy (non-hydrogen) atoms. The Morgan fingerprint density at radius 1 is 1.17 bits per heavy atom. The molecule has 2 aromatic heterocycles. The molecule has 0 amide bonds. The lowest BCUT2D eigenvalue weighted by molar-refractivity contribution is 0.601. The number of hydrogen-bond acceptors (Lipinski definition) is 4. The van der Waals surface area contributed by atoms with E-state index in [1.807, 2.05) is 13.0 Å². The van der Waals surface area contributed by atoms with Crippen molar-refractivity contribution in [3.8, 4) is 0 Å². The van der Waals surface area contributed by atoms with Crippen molar-refractivity contribution in [3.05, 3.63) is 64.7 Å². The number of rotatable bonds is 3. The highest BCUT2D eigenvalue weighted by Crippen LogP contribution is 2.23. The highest BCUT2D eigenvalue weighted by atomic mass is 32.2. The molecule has 0 spiro atoms. The van der Waals surface area contributed by atoms with Gasteiger partial charge in [0.1, 0.15) is 10.6 Å². The molecule has 3 rings (SSSR count). The van der Waals surface area contributed by atoms with Crippen molar-refractivity contribution in [2.75, 3.05) is 4.72 Å². The van der Waals surface area contributed by atoms with Gasteiger partial charge in [-0.05, 0) is 36.8 Å². The van der Waals surface area contributed by atoms with Crippen molar-refractivity contribution in [1.82, 2.24) is 9.55 Å². The number of nitrogens with zero attached hydrogens (tertiary/aromatic N) is 2.